The van der Waals surface area contributed by atoms with E-state index in [-0.39, 0.29) is 11.8 Å². The molecule has 9 heteroatoms. The van der Waals surface area contributed by atoms with Crippen LogP contribution < -0.4 is 5.32 Å². The minimum atomic E-state index is -0.0166. The summed E-state index contributed by atoms with van der Waals surface area (Å²) in [4.78, 5) is 27.5. The van der Waals surface area contributed by atoms with Crippen LogP contribution in [0.25, 0.3) is 0 Å². The van der Waals surface area contributed by atoms with Crippen LogP contribution in [0.3, 0.4) is 0 Å². The summed E-state index contributed by atoms with van der Waals surface area (Å²) in [5, 5.41) is 9.00. The summed E-state index contributed by atoms with van der Waals surface area (Å²) < 4.78 is 2.72. The fourth-order valence-electron chi connectivity index (χ4n) is 2.60. The van der Waals surface area contributed by atoms with Gasteiger partial charge in [0, 0.05) is 37.3 Å². The molecule has 3 rings (SSSR count). The molecule has 0 saturated heterocycles. The van der Waals surface area contributed by atoms with Crippen molar-refractivity contribution < 1.29 is 9.59 Å². The van der Waals surface area contributed by atoms with Crippen LogP contribution in [0.4, 0.5) is 0 Å². The third kappa shape index (κ3) is 5.59. The maximum absolute atomic E-state index is 12.5. The van der Waals surface area contributed by atoms with Crippen molar-refractivity contribution in [2.24, 2.45) is 7.05 Å². The van der Waals surface area contributed by atoms with E-state index in [9.17, 15) is 9.59 Å². The van der Waals surface area contributed by atoms with Crippen molar-refractivity contribution in [1.29, 1.82) is 0 Å². The van der Waals surface area contributed by atoms with Gasteiger partial charge >= 0.3 is 0 Å². The molecule has 1 saturated carbocycles. The Labute approximate surface area is 169 Å². The fourth-order valence-corrected chi connectivity index (χ4v) is 4.64. The average molecular weight is 457 g/mol. The monoisotopic (exact) mass is 456 g/mol. The largest absolute Gasteiger partial charge is 0.354 e. The second-order valence-electron chi connectivity index (χ2n) is 6.20. The van der Waals surface area contributed by atoms with Crippen molar-refractivity contribution in [3.05, 3.63) is 33.2 Å². The molecule has 6 nitrogen and oxygen atoms in total. The van der Waals surface area contributed by atoms with Crippen LogP contribution >= 0.6 is 39.0 Å². The number of nitrogens with zero attached hydrogens (tertiary/aromatic N) is 3. The molecular formula is C17H21BrN4O2S2. The highest BCUT2D eigenvalue weighted by molar-refractivity contribution is 9.11. The normalized spacial score (nSPS) is 13.6. The van der Waals surface area contributed by atoms with Crippen molar-refractivity contribution in [2.75, 3.05) is 18.8 Å². The molecule has 2 heterocycles. The lowest BCUT2D eigenvalue weighted by Gasteiger charge is -2.22. The molecule has 0 aromatic carbocycles. The summed E-state index contributed by atoms with van der Waals surface area (Å²) in [6, 6.07) is 2.28. The highest BCUT2D eigenvalue weighted by Gasteiger charge is 2.32. The second-order valence-corrected chi connectivity index (χ2v) is 9.49. The number of hydrogen-bond donors (Lipinski definition) is 1. The molecule has 140 valence electrons. The van der Waals surface area contributed by atoms with Crippen LogP contribution in [0, 0.1) is 0 Å². The van der Waals surface area contributed by atoms with Gasteiger partial charge in [-0.15, -0.1) is 23.1 Å². The number of carbonyl (C=O) groups is 2. The van der Waals surface area contributed by atoms with Gasteiger partial charge in [-0.1, -0.05) is 0 Å². The highest BCUT2D eigenvalue weighted by atomic mass is 79.9. The number of halogens is 1. The van der Waals surface area contributed by atoms with Crippen molar-refractivity contribution in [3.63, 3.8) is 0 Å². The van der Waals surface area contributed by atoms with Gasteiger partial charge in [-0.25, -0.2) is 0 Å². The van der Waals surface area contributed by atoms with E-state index in [1.165, 1.54) is 11.8 Å². The Morgan fingerprint density at radius 2 is 2.31 bits per heavy atom. The molecule has 1 fully saturated rings. The summed E-state index contributed by atoms with van der Waals surface area (Å²) in [5.41, 5.74) is 0.996. The summed E-state index contributed by atoms with van der Waals surface area (Å²) in [6.07, 6.45) is 6.14. The number of aromatic nitrogens is 2. The standard InChI is InChI=1S/C17H21BrN4O2S2/c1-21-10-14(9-20-21)26-11-16(24)22(13-2-3-13)6-5-19-15(23)8-12-4-7-25-17(12)18/h4,7,9-10,13H,2-3,5-6,8,11H2,1H3,(H,19,23). The number of rotatable bonds is 9. The number of thiophene rings is 1. The van der Waals surface area contributed by atoms with E-state index in [2.05, 4.69) is 26.3 Å². The molecule has 0 radical (unpaired) electrons. The molecule has 2 amide bonds. The lowest BCUT2D eigenvalue weighted by atomic mass is 10.2. The smallest absolute Gasteiger partial charge is 0.233 e. The van der Waals surface area contributed by atoms with Crippen molar-refractivity contribution in [3.8, 4) is 0 Å². The molecule has 0 bridgehead atoms. The first-order valence-electron chi connectivity index (χ1n) is 8.42. The Morgan fingerprint density at radius 3 is 2.92 bits per heavy atom. The number of amides is 2. The van der Waals surface area contributed by atoms with E-state index in [4.69, 9.17) is 0 Å². The summed E-state index contributed by atoms with van der Waals surface area (Å²) in [5.74, 6) is 0.506. The van der Waals surface area contributed by atoms with Gasteiger partial charge in [0.1, 0.15) is 0 Å². The van der Waals surface area contributed by atoms with E-state index in [1.807, 2.05) is 29.6 Å². The second kappa shape index (κ2) is 9.05. The quantitative estimate of drug-likeness (QED) is 0.588. The van der Waals surface area contributed by atoms with Gasteiger partial charge in [-0.2, -0.15) is 5.10 Å². The summed E-state index contributed by atoms with van der Waals surface area (Å²) in [6.45, 7) is 1.05. The Hall–Kier alpha value is -1.32. The van der Waals surface area contributed by atoms with Crippen LogP contribution in [-0.2, 0) is 23.1 Å². The topological polar surface area (TPSA) is 67.2 Å². The van der Waals surface area contributed by atoms with Gasteiger partial charge in [-0.3, -0.25) is 14.3 Å². The summed E-state index contributed by atoms with van der Waals surface area (Å²) in [7, 11) is 1.86. The van der Waals surface area contributed by atoms with Gasteiger partial charge in [0.25, 0.3) is 0 Å². The molecule has 0 spiro atoms. The maximum Gasteiger partial charge on any atom is 0.233 e. The van der Waals surface area contributed by atoms with E-state index < -0.39 is 0 Å². The first kappa shape index (κ1) is 19.4. The fraction of sp³-hybridized carbons (Fsp3) is 0.471. The third-order valence-corrected chi connectivity index (χ3v) is 6.82. The zero-order chi connectivity index (χ0) is 18.5. The van der Waals surface area contributed by atoms with E-state index in [0.29, 0.717) is 31.3 Å². The lowest BCUT2D eigenvalue weighted by molar-refractivity contribution is -0.129. The molecule has 2 aromatic rings. The van der Waals surface area contributed by atoms with Crippen LogP contribution in [0.15, 0.2) is 32.5 Å². The molecule has 0 atom stereocenters. The number of carbonyl (C=O) groups excluding carboxylic acids is 2. The van der Waals surface area contributed by atoms with Crippen LogP contribution in [-0.4, -0.2) is 51.4 Å². The minimum Gasteiger partial charge on any atom is -0.354 e. The third-order valence-electron chi connectivity index (χ3n) is 4.07. The number of hydrogen-bond acceptors (Lipinski definition) is 5. The van der Waals surface area contributed by atoms with E-state index in [1.54, 1.807) is 22.2 Å². The number of aryl methyl sites for hydroxylation is 1. The number of thioether (sulfide) groups is 1. The van der Waals surface area contributed by atoms with Crippen LogP contribution in [0.1, 0.15) is 18.4 Å². The number of nitrogens with one attached hydrogen (secondary N) is 1. The Morgan fingerprint density at radius 1 is 1.50 bits per heavy atom. The first-order chi connectivity index (χ1) is 12.5. The Kier molecular flexibility index (Phi) is 6.77. The van der Waals surface area contributed by atoms with Gasteiger partial charge in [0.05, 0.1) is 22.2 Å². The van der Waals surface area contributed by atoms with E-state index >= 15 is 0 Å². The highest BCUT2D eigenvalue weighted by Crippen LogP contribution is 2.28. The van der Waals surface area contributed by atoms with Gasteiger partial charge in [0.15, 0.2) is 0 Å². The molecular weight excluding hydrogens is 436 g/mol. The zero-order valence-electron chi connectivity index (χ0n) is 14.5. The zero-order valence-corrected chi connectivity index (χ0v) is 17.7. The average Bonchev–Trinajstić information content (AvgIpc) is 3.24. The van der Waals surface area contributed by atoms with Crippen LogP contribution in [0.2, 0.25) is 0 Å². The molecule has 1 aliphatic carbocycles. The Balaban J connectivity index is 1.42. The molecule has 1 N–H and O–H groups in total. The van der Waals surface area contributed by atoms with Crippen molar-refractivity contribution in [2.45, 2.75) is 30.2 Å². The minimum absolute atomic E-state index is 0.0166. The van der Waals surface area contributed by atoms with Gasteiger partial charge in [0.2, 0.25) is 11.8 Å². The predicted octanol–water partition coefficient (Wildman–Crippen LogP) is 2.69. The molecule has 0 aliphatic heterocycles. The van der Waals surface area contributed by atoms with Crippen molar-refractivity contribution in [1.82, 2.24) is 20.0 Å². The SMILES string of the molecule is Cn1cc(SCC(=O)N(CCNC(=O)Cc2ccsc2Br)C2CC2)cn1. The first-order valence-corrected chi connectivity index (χ1v) is 11.1. The van der Waals surface area contributed by atoms with Crippen molar-refractivity contribution >= 4 is 50.8 Å². The maximum atomic E-state index is 12.5. The van der Waals surface area contributed by atoms with Gasteiger partial charge in [-0.05, 0) is 45.8 Å². The Bertz CT molecular complexity index is 772. The molecule has 2 aromatic heterocycles. The molecule has 0 unspecified atom stereocenters. The molecule has 1 aliphatic rings. The lowest BCUT2D eigenvalue weighted by Crippen LogP contribution is -2.41. The van der Waals surface area contributed by atoms with E-state index in [0.717, 1.165) is 27.1 Å². The van der Waals surface area contributed by atoms with Crippen LogP contribution in [0.5, 0.6) is 0 Å². The predicted molar refractivity (Wildman–Crippen MR) is 107 cm³/mol. The molecule has 26 heavy (non-hydrogen) atoms. The van der Waals surface area contributed by atoms with Gasteiger partial charge < -0.3 is 10.2 Å². The summed E-state index contributed by atoms with van der Waals surface area (Å²) >= 11 is 6.52.